The van der Waals surface area contributed by atoms with Crippen LogP contribution in [-0.4, -0.2) is 0 Å². The van der Waals surface area contributed by atoms with Crippen LogP contribution in [-0.2, 0) is 11.8 Å². The molecule has 4 aliphatic rings. The average molecular weight is 965 g/mol. The minimum absolute atomic E-state index is 0.627. The van der Waals surface area contributed by atoms with Crippen LogP contribution in [0.3, 0.4) is 0 Å². The molecule has 0 bridgehead atoms. The fourth-order valence-electron chi connectivity index (χ4n) is 13.8. The number of anilines is 6. The predicted molar refractivity (Wildman–Crippen MR) is 316 cm³/mol. The highest BCUT2D eigenvalue weighted by atomic mass is 15.2. The first-order valence-electron chi connectivity index (χ1n) is 26.5. The third-order valence-corrected chi connectivity index (χ3v) is 16.8. The van der Waals surface area contributed by atoms with E-state index in [0.29, 0.717) is 0 Å². The highest BCUT2D eigenvalue weighted by Gasteiger charge is 2.51. The Morgan fingerprint density at radius 3 is 1.53 bits per heavy atom. The van der Waals surface area contributed by atoms with E-state index in [0.717, 1.165) is 57.2 Å². The molecule has 12 aromatic carbocycles. The van der Waals surface area contributed by atoms with Crippen molar-refractivity contribution < 1.29 is 0 Å². The van der Waals surface area contributed by atoms with E-state index in [1.165, 1.54) is 94.6 Å². The van der Waals surface area contributed by atoms with Crippen LogP contribution in [0.5, 0.6) is 0 Å². The predicted octanol–water partition coefficient (Wildman–Crippen LogP) is 19.5. The zero-order valence-electron chi connectivity index (χ0n) is 41.7. The second kappa shape index (κ2) is 16.6. The number of nitrogens with zero attached hydrogens (tertiary/aromatic N) is 2. The summed E-state index contributed by atoms with van der Waals surface area (Å²) in [7, 11) is 0. The van der Waals surface area contributed by atoms with Crippen LogP contribution in [0.4, 0.5) is 34.1 Å². The van der Waals surface area contributed by atoms with E-state index < -0.39 is 5.41 Å². The van der Waals surface area contributed by atoms with Crippen molar-refractivity contribution in [3.63, 3.8) is 0 Å². The maximum Gasteiger partial charge on any atom is 0.0725 e. The molecule has 354 valence electrons. The van der Waals surface area contributed by atoms with Crippen molar-refractivity contribution in [3.8, 4) is 77.9 Å². The lowest BCUT2D eigenvalue weighted by Crippen LogP contribution is -2.29. The number of rotatable bonds is 5. The summed E-state index contributed by atoms with van der Waals surface area (Å²) in [5, 5.41) is 0. The smallest absolute Gasteiger partial charge is 0.0725 e. The molecule has 1 unspecified atom stereocenters. The van der Waals surface area contributed by atoms with Gasteiger partial charge in [0, 0.05) is 33.8 Å². The zero-order valence-corrected chi connectivity index (χ0v) is 41.7. The van der Waals surface area contributed by atoms with Gasteiger partial charge in [0.25, 0.3) is 0 Å². The van der Waals surface area contributed by atoms with Gasteiger partial charge in [-0.2, -0.15) is 0 Å². The van der Waals surface area contributed by atoms with Crippen LogP contribution in [0.15, 0.2) is 279 Å². The van der Waals surface area contributed by atoms with Crippen molar-refractivity contribution in [1.29, 1.82) is 0 Å². The number of hydrogen-bond donors (Lipinski definition) is 0. The van der Waals surface area contributed by atoms with Crippen molar-refractivity contribution in [2.75, 3.05) is 9.80 Å². The maximum absolute atomic E-state index is 2.52. The van der Waals surface area contributed by atoms with Gasteiger partial charge in [0.15, 0.2) is 0 Å². The summed E-state index contributed by atoms with van der Waals surface area (Å²) in [5.41, 5.74) is 31.6. The number of para-hydroxylation sites is 3. The molecule has 2 nitrogen and oxygen atoms in total. The Kier molecular flexibility index (Phi) is 9.35. The van der Waals surface area contributed by atoms with Crippen molar-refractivity contribution in [1.82, 2.24) is 0 Å². The van der Waals surface area contributed by atoms with E-state index in [1.54, 1.807) is 0 Å². The maximum atomic E-state index is 2.52. The third-order valence-electron chi connectivity index (χ3n) is 16.8. The van der Waals surface area contributed by atoms with Crippen LogP contribution in [0.2, 0.25) is 0 Å². The minimum atomic E-state index is -0.627. The quantitative estimate of drug-likeness (QED) is 0.170. The molecule has 2 heteroatoms. The topological polar surface area (TPSA) is 6.48 Å². The van der Waals surface area contributed by atoms with Crippen molar-refractivity contribution in [3.05, 3.63) is 312 Å². The van der Waals surface area contributed by atoms with Crippen LogP contribution < -0.4 is 9.80 Å². The first kappa shape index (κ1) is 42.7. The summed E-state index contributed by atoms with van der Waals surface area (Å²) < 4.78 is 0. The van der Waals surface area contributed by atoms with E-state index in [-0.39, 0.29) is 0 Å². The Labute approximate surface area is 443 Å². The highest BCUT2D eigenvalue weighted by Crippen LogP contribution is 2.65. The fourth-order valence-corrected chi connectivity index (χ4v) is 13.8. The van der Waals surface area contributed by atoms with E-state index in [9.17, 15) is 0 Å². The molecule has 12 aromatic rings. The van der Waals surface area contributed by atoms with Gasteiger partial charge in [0.1, 0.15) is 0 Å². The van der Waals surface area contributed by atoms with Gasteiger partial charge in [-0.05, 0) is 156 Å². The van der Waals surface area contributed by atoms with Gasteiger partial charge in [-0.1, -0.05) is 224 Å². The van der Waals surface area contributed by atoms with E-state index >= 15 is 0 Å². The molecule has 16 rings (SSSR count). The zero-order chi connectivity index (χ0) is 49.9. The molecular weight excluding hydrogens is 917 g/mol. The molecule has 1 spiro atoms. The van der Waals surface area contributed by atoms with Crippen molar-refractivity contribution in [2.45, 2.75) is 11.8 Å². The molecule has 1 atom stereocenters. The van der Waals surface area contributed by atoms with Crippen molar-refractivity contribution >= 4 is 34.1 Å². The summed E-state index contributed by atoms with van der Waals surface area (Å²) in [6.07, 6.45) is 0.946. The molecule has 0 fully saturated rings. The minimum Gasteiger partial charge on any atom is -0.310 e. The summed E-state index contributed by atoms with van der Waals surface area (Å²) in [4.78, 5) is 4.96. The van der Waals surface area contributed by atoms with E-state index in [2.05, 4.69) is 289 Å². The van der Waals surface area contributed by atoms with Crippen molar-refractivity contribution in [2.24, 2.45) is 0 Å². The molecule has 3 aliphatic carbocycles. The molecular formula is C74H48N2. The lowest BCUT2D eigenvalue weighted by molar-refractivity contribution is 0.775. The Hall–Kier alpha value is -9.76. The molecule has 0 aromatic heterocycles. The lowest BCUT2D eigenvalue weighted by Gasteiger charge is -2.36. The summed E-state index contributed by atoms with van der Waals surface area (Å²) >= 11 is 0. The van der Waals surface area contributed by atoms with Gasteiger partial charge >= 0.3 is 0 Å². The second-order valence-corrected chi connectivity index (χ2v) is 20.6. The van der Waals surface area contributed by atoms with Gasteiger partial charge in [-0.15, -0.1) is 0 Å². The van der Waals surface area contributed by atoms with Crippen LogP contribution in [0.25, 0.3) is 77.9 Å². The van der Waals surface area contributed by atoms with Crippen LogP contribution in [0.1, 0.15) is 33.4 Å². The normalized spacial score (nSPS) is 14.6. The Morgan fingerprint density at radius 1 is 0.289 bits per heavy atom. The standard InChI is InChI=1S/C74H48N2/c1-3-21-48(22-4-1)54-26-15-19-37-69(54)75(53-41-44-71-64(47-53)59-31-12-10-29-57(59)61-33-16-20-38-70(61)76(71)51-24-5-2-6-25-51)52-40-43-67-63(46-52)58-30-11-9-28-56(58)60-32-13-17-35-65(60)74(67)66-36-18-14-34-62(66)73-68(74)42-39-50-45-49-23-7-8-27-55(49)72(50)73/h1-44,46-47H,45H2. The van der Waals surface area contributed by atoms with Crippen LogP contribution >= 0.6 is 0 Å². The Bertz CT molecular complexity index is 4340. The number of hydrogen-bond acceptors (Lipinski definition) is 2. The Morgan fingerprint density at radius 2 is 0.776 bits per heavy atom. The molecule has 0 N–H and O–H groups in total. The molecule has 0 amide bonds. The van der Waals surface area contributed by atoms with Gasteiger partial charge in [-0.3, -0.25) is 0 Å². The molecule has 76 heavy (non-hydrogen) atoms. The molecule has 0 saturated carbocycles. The number of benzene rings is 12. The van der Waals surface area contributed by atoms with Crippen LogP contribution in [0, 0.1) is 0 Å². The first-order valence-corrected chi connectivity index (χ1v) is 26.5. The summed E-state index contributed by atoms with van der Waals surface area (Å²) in [5.74, 6) is 0. The third kappa shape index (κ3) is 6.04. The fraction of sp³-hybridized carbons (Fsp3) is 0.0270. The first-order chi connectivity index (χ1) is 37.7. The molecule has 1 aliphatic heterocycles. The summed E-state index contributed by atoms with van der Waals surface area (Å²) in [6.45, 7) is 0. The monoisotopic (exact) mass is 964 g/mol. The SMILES string of the molecule is c1ccc(-c2ccccc2N(c2ccc3c(c2)-c2ccccc2-c2ccccc2N3c2ccccc2)c2ccc3c(c2)-c2ccccc2-c2ccccc2C32c3ccccc3-c3c2ccc2c3-c3ccccc3C2)cc1. The largest absolute Gasteiger partial charge is 0.310 e. The molecule has 0 radical (unpaired) electrons. The average Bonchev–Trinajstić information content (AvgIpc) is 4.01. The van der Waals surface area contributed by atoms with E-state index in [1.807, 2.05) is 0 Å². The van der Waals surface area contributed by atoms with E-state index in [4.69, 9.17) is 0 Å². The van der Waals surface area contributed by atoms with Gasteiger partial charge in [0.05, 0.1) is 22.5 Å². The summed E-state index contributed by atoms with van der Waals surface area (Å²) in [6, 6.07) is 105. The molecule has 1 heterocycles. The Balaban J connectivity index is 0.991. The van der Waals surface area contributed by atoms with Gasteiger partial charge in [0.2, 0.25) is 0 Å². The lowest BCUT2D eigenvalue weighted by atomic mass is 9.65. The second-order valence-electron chi connectivity index (χ2n) is 20.6. The van der Waals surface area contributed by atoms with Gasteiger partial charge < -0.3 is 9.80 Å². The molecule has 0 saturated heterocycles. The van der Waals surface area contributed by atoms with Gasteiger partial charge in [-0.25, -0.2) is 0 Å². The highest BCUT2D eigenvalue weighted by molar-refractivity contribution is 6.06. The number of fused-ring (bicyclic) bond motifs is 21.